The Morgan fingerprint density at radius 3 is 2.56 bits per heavy atom. The average molecular weight is 330 g/mol. The van der Waals surface area contributed by atoms with Gasteiger partial charge in [0.25, 0.3) is 0 Å². The fraction of sp³-hybridized carbons (Fsp3) is 0.643. The minimum atomic E-state index is 0.244. The number of carbonyl (C=O) groups excluding carboxylic acids is 1. The lowest BCUT2D eigenvalue weighted by atomic mass is 9.90. The van der Waals surface area contributed by atoms with Gasteiger partial charge >= 0.3 is 0 Å². The molecule has 1 saturated carbocycles. The van der Waals surface area contributed by atoms with E-state index in [0.29, 0.717) is 6.54 Å². The summed E-state index contributed by atoms with van der Waals surface area (Å²) in [7, 11) is 0. The minimum absolute atomic E-state index is 0.244. The van der Waals surface area contributed by atoms with E-state index in [2.05, 4.69) is 32.7 Å². The lowest BCUT2D eigenvalue weighted by Crippen LogP contribution is -2.30. The molecule has 4 heteroatoms. The van der Waals surface area contributed by atoms with Gasteiger partial charge in [-0.3, -0.25) is 4.79 Å². The molecule has 1 N–H and O–H groups in total. The number of carbonyl (C=O) groups is 1. The Morgan fingerprint density at radius 1 is 1.28 bits per heavy atom. The Kier molecular flexibility index (Phi) is 5.70. The molecule has 1 aromatic heterocycles. The summed E-state index contributed by atoms with van der Waals surface area (Å²) in [6, 6.07) is 2.07. The van der Waals surface area contributed by atoms with Gasteiger partial charge in [-0.05, 0) is 34.8 Å². The third-order valence-electron chi connectivity index (χ3n) is 3.53. The van der Waals surface area contributed by atoms with Crippen LogP contribution < -0.4 is 5.32 Å². The highest BCUT2D eigenvalue weighted by Crippen LogP contribution is 2.23. The van der Waals surface area contributed by atoms with Crippen molar-refractivity contribution in [2.45, 2.75) is 51.5 Å². The van der Waals surface area contributed by atoms with Crippen LogP contribution in [0, 0.1) is 5.92 Å². The van der Waals surface area contributed by atoms with Crippen molar-refractivity contribution in [1.82, 2.24) is 5.32 Å². The van der Waals surface area contributed by atoms with Crippen molar-refractivity contribution in [2.75, 3.05) is 0 Å². The second-order valence-electron chi connectivity index (χ2n) is 4.99. The van der Waals surface area contributed by atoms with Crippen LogP contribution in [0.4, 0.5) is 0 Å². The number of nitrogens with one attached hydrogen (secondary N) is 1. The molecule has 100 valence electrons. The molecule has 18 heavy (non-hydrogen) atoms. The summed E-state index contributed by atoms with van der Waals surface area (Å²) in [6.07, 6.45) is 8.49. The SMILES string of the molecule is O=C(NCc1cc(Br)cs1)C1CCCCCCC1. The number of rotatable bonds is 3. The Morgan fingerprint density at radius 2 is 1.94 bits per heavy atom. The smallest absolute Gasteiger partial charge is 0.223 e. The van der Waals surface area contributed by atoms with Gasteiger partial charge < -0.3 is 5.32 Å². The van der Waals surface area contributed by atoms with Crippen molar-refractivity contribution >= 4 is 33.2 Å². The summed E-state index contributed by atoms with van der Waals surface area (Å²) >= 11 is 5.12. The molecule has 0 saturated heterocycles. The molecule has 1 heterocycles. The minimum Gasteiger partial charge on any atom is -0.351 e. The molecule has 0 bridgehead atoms. The first-order chi connectivity index (χ1) is 8.75. The van der Waals surface area contributed by atoms with Gasteiger partial charge in [-0.2, -0.15) is 0 Å². The number of hydrogen-bond donors (Lipinski definition) is 1. The second kappa shape index (κ2) is 7.29. The Labute approximate surface area is 121 Å². The van der Waals surface area contributed by atoms with Gasteiger partial charge in [-0.15, -0.1) is 11.3 Å². The summed E-state index contributed by atoms with van der Waals surface area (Å²) in [5.41, 5.74) is 0. The van der Waals surface area contributed by atoms with Crippen LogP contribution in [0.2, 0.25) is 0 Å². The Bertz CT molecular complexity index is 383. The van der Waals surface area contributed by atoms with E-state index < -0.39 is 0 Å². The summed E-state index contributed by atoms with van der Waals surface area (Å²) < 4.78 is 1.10. The molecule has 1 amide bonds. The van der Waals surface area contributed by atoms with E-state index in [9.17, 15) is 4.79 Å². The van der Waals surface area contributed by atoms with Crippen LogP contribution in [0.3, 0.4) is 0 Å². The zero-order valence-corrected chi connectivity index (χ0v) is 13.0. The summed E-state index contributed by atoms with van der Waals surface area (Å²) in [6.45, 7) is 0.672. The molecule has 0 spiro atoms. The maximum atomic E-state index is 12.1. The van der Waals surface area contributed by atoms with E-state index in [0.717, 1.165) is 17.3 Å². The van der Waals surface area contributed by atoms with Gasteiger partial charge in [0.15, 0.2) is 0 Å². The van der Waals surface area contributed by atoms with Crippen molar-refractivity contribution in [1.29, 1.82) is 0 Å². The first kappa shape index (κ1) is 14.1. The first-order valence-corrected chi connectivity index (χ1v) is 8.43. The molecule has 0 aliphatic heterocycles. The van der Waals surface area contributed by atoms with E-state index in [1.54, 1.807) is 11.3 Å². The summed E-state index contributed by atoms with van der Waals surface area (Å²) in [5, 5.41) is 5.13. The molecule has 1 aromatic rings. The predicted molar refractivity (Wildman–Crippen MR) is 79.7 cm³/mol. The number of hydrogen-bond acceptors (Lipinski definition) is 2. The first-order valence-electron chi connectivity index (χ1n) is 6.76. The van der Waals surface area contributed by atoms with Gasteiger partial charge in [-0.25, -0.2) is 0 Å². The quantitative estimate of drug-likeness (QED) is 0.869. The van der Waals surface area contributed by atoms with Gasteiger partial charge in [0.1, 0.15) is 0 Å². The van der Waals surface area contributed by atoms with Crippen LogP contribution in [0.25, 0.3) is 0 Å². The largest absolute Gasteiger partial charge is 0.351 e. The highest BCUT2D eigenvalue weighted by Gasteiger charge is 2.18. The fourth-order valence-electron chi connectivity index (χ4n) is 2.48. The number of halogens is 1. The number of amides is 1. The zero-order chi connectivity index (χ0) is 12.8. The van der Waals surface area contributed by atoms with E-state index in [1.807, 2.05) is 0 Å². The maximum absolute atomic E-state index is 12.1. The van der Waals surface area contributed by atoms with Crippen molar-refractivity contribution in [3.8, 4) is 0 Å². The molecular weight excluding hydrogens is 310 g/mol. The van der Waals surface area contributed by atoms with Gasteiger partial charge in [0, 0.05) is 20.6 Å². The summed E-state index contributed by atoms with van der Waals surface area (Å²) in [4.78, 5) is 13.3. The maximum Gasteiger partial charge on any atom is 0.223 e. The van der Waals surface area contributed by atoms with Crippen molar-refractivity contribution < 1.29 is 4.79 Å². The van der Waals surface area contributed by atoms with Gasteiger partial charge in [-0.1, -0.05) is 32.1 Å². The van der Waals surface area contributed by atoms with Crippen molar-refractivity contribution in [2.24, 2.45) is 5.92 Å². The molecule has 1 aliphatic carbocycles. The third-order valence-corrected chi connectivity index (χ3v) is 5.23. The molecule has 0 aromatic carbocycles. The molecular formula is C14H20BrNOS. The van der Waals surface area contributed by atoms with Crippen LogP contribution in [-0.2, 0) is 11.3 Å². The van der Waals surface area contributed by atoms with Crippen LogP contribution >= 0.6 is 27.3 Å². The van der Waals surface area contributed by atoms with Crippen LogP contribution in [-0.4, -0.2) is 5.91 Å². The van der Waals surface area contributed by atoms with Crippen LogP contribution in [0.1, 0.15) is 49.8 Å². The molecule has 2 nitrogen and oxygen atoms in total. The zero-order valence-electron chi connectivity index (χ0n) is 10.6. The second-order valence-corrected chi connectivity index (χ2v) is 6.90. The van der Waals surface area contributed by atoms with Crippen LogP contribution in [0.15, 0.2) is 15.9 Å². The van der Waals surface area contributed by atoms with Crippen LogP contribution in [0.5, 0.6) is 0 Å². The number of thiophene rings is 1. The normalized spacial score (nSPS) is 18.1. The standard InChI is InChI=1S/C14H20BrNOS/c15-12-8-13(18-10-12)9-16-14(17)11-6-4-2-1-3-5-7-11/h8,10-11H,1-7,9H2,(H,16,17). The summed E-state index contributed by atoms with van der Waals surface area (Å²) in [5.74, 6) is 0.495. The van der Waals surface area contributed by atoms with Gasteiger partial charge in [0.2, 0.25) is 5.91 Å². The average Bonchev–Trinajstić information content (AvgIpc) is 2.72. The Balaban J connectivity index is 1.79. The topological polar surface area (TPSA) is 29.1 Å². The molecule has 1 aliphatic rings. The van der Waals surface area contributed by atoms with E-state index in [4.69, 9.17) is 0 Å². The monoisotopic (exact) mass is 329 g/mol. The van der Waals surface area contributed by atoms with Crippen molar-refractivity contribution in [3.05, 3.63) is 20.8 Å². The third kappa shape index (κ3) is 4.39. The lowest BCUT2D eigenvalue weighted by Gasteiger charge is -2.18. The van der Waals surface area contributed by atoms with Crippen molar-refractivity contribution in [3.63, 3.8) is 0 Å². The van der Waals surface area contributed by atoms with E-state index in [1.165, 1.54) is 37.0 Å². The fourth-order valence-corrected chi connectivity index (χ4v) is 3.87. The van der Waals surface area contributed by atoms with Gasteiger partial charge in [0.05, 0.1) is 6.54 Å². The molecule has 0 atom stereocenters. The lowest BCUT2D eigenvalue weighted by molar-refractivity contribution is -0.125. The Hall–Kier alpha value is -0.350. The molecule has 1 fully saturated rings. The molecule has 2 rings (SSSR count). The van der Waals surface area contributed by atoms with E-state index >= 15 is 0 Å². The highest BCUT2D eigenvalue weighted by molar-refractivity contribution is 9.10. The highest BCUT2D eigenvalue weighted by atomic mass is 79.9. The molecule has 0 radical (unpaired) electrons. The van der Waals surface area contributed by atoms with E-state index in [-0.39, 0.29) is 11.8 Å². The predicted octanol–water partition coefficient (Wildman–Crippen LogP) is 4.49. The molecule has 0 unspecified atom stereocenters.